The van der Waals surface area contributed by atoms with Crippen molar-refractivity contribution < 1.29 is 14.3 Å². The van der Waals surface area contributed by atoms with Gasteiger partial charge in [-0.2, -0.15) is 0 Å². The summed E-state index contributed by atoms with van der Waals surface area (Å²) in [6, 6.07) is 0. The maximum atomic E-state index is 11.1. The molecule has 14 heavy (non-hydrogen) atoms. The summed E-state index contributed by atoms with van der Waals surface area (Å²) in [4.78, 5) is 21.6. The number of carbonyl (C=O) groups is 1. The Bertz CT molecular complexity index is 440. The van der Waals surface area contributed by atoms with E-state index < -0.39 is 5.63 Å². The van der Waals surface area contributed by atoms with E-state index in [1.165, 1.54) is 0 Å². The smallest absolute Gasteiger partial charge is 0.350 e. The first-order chi connectivity index (χ1) is 6.61. The van der Waals surface area contributed by atoms with Gasteiger partial charge in [0.25, 0.3) is 0 Å². The number of aromatic hydroxyl groups is 1. The van der Waals surface area contributed by atoms with Crippen LogP contribution >= 0.6 is 0 Å². The standard InChI is InChI=1S/C10H10O4/c1-3-4-8-6(2)9(12)7(5-11)10(13)14-8/h3-5,12H,1-2H3. The zero-order chi connectivity index (χ0) is 10.7. The molecule has 0 saturated heterocycles. The van der Waals surface area contributed by atoms with Crippen molar-refractivity contribution in [1.29, 1.82) is 0 Å². The zero-order valence-corrected chi connectivity index (χ0v) is 7.90. The molecule has 1 heterocycles. The fourth-order valence-electron chi connectivity index (χ4n) is 1.06. The molecule has 74 valence electrons. The molecular weight excluding hydrogens is 184 g/mol. The average molecular weight is 194 g/mol. The van der Waals surface area contributed by atoms with Gasteiger partial charge in [0.2, 0.25) is 0 Å². The molecule has 0 atom stereocenters. The number of aldehydes is 1. The molecular formula is C10H10O4. The van der Waals surface area contributed by atoms with Crippen LogP contribution in [0.15, 0.2) is 15.3 Å². The van der Waals surface area contributed by atoms with Crippen LogP contribution in [0.4, 0.5) is 0 Å². The second-order valence-corrected chi connectivity index (χ2v) is 2.76. The van der Waals surface area contributed by atoms with Gasteiger partial charge < -0.3 is 9.52 Å². The van der Waals surface area contributed by atoms with Crippen LogP contribution in [-0.4, -0.2) is 11.4 Å². The number of hydrogen-bond acceptors (Lipinski definition) is 4. The van der Waals surface area contributed by atoms with Gasteiger partial charge in [-0.25, -0.2) is 4.79 Å². The van der Waals surface area contributed by atoms with Crippen LogP contribution in [0.3, 0.4) is 0 Å². The largest absolute Gasteiger partial charge is 0.506 e. The van der Waals surface area contributed by atoms with E-state index in [9.17, 15) is 14.7 Å². The topological polar surface area (TPSA) is 67.5 Å². The minimum Gasteiger partial charge on any atom is -0.506 e. The molecule has 0 aliphatic heterocycles. The van der Waals surface area contributed by atoms with E-state index in [0.717, 1.165) is 0 Å². The summed E-state index contributed by atoms with van der Waals surface area (Å²) < 4.78 is 4.82. The Morgan fingerprint density at radius 2 is 2.07 bits per heavy atom. The SMILES string of the molecule is CC=Cc1oc(=O)c(C=O)c(O)c1C. The third-order valence-electron chi connectivity index (χ3n) is 1.84. The van der Waals surface area contributed by atoms with E-state index >= 15 is 0 Å². The second kappa shape index (κ2) is 3.91. The quantitative estimate of drug-likeness (QED) is 0.724. The van der Waals surface area contributed by atoms with Crippen LogP contribution in [0.5, 0.6) is 5.75 Å². The van der Waals surface area contributed by atoms with Crippen molar-refractivity contribution in [2.45, 2.75) is 13.8 Å². The van der Waals surface area contributed by atoms with Crippen LogP contribution in [0.1, 0.15) is 28.6 Å². The van der Waals surface area contributed by atoms with Crippen molar-refractivity contribution in [3.63, 3.8) is 0 Å². The van der Waals surface area contributed by atoms with Gasteiger partial charge >= 0.3 is 5.63 Å². The lowest BCUT2D eigenvalue weighted by molar-refractivity contribution is 0.111. The highest BCUT2D eigenvalue weighted by atomic mass is 16.4. The summed E-state index contributed by atoms with van der Waals surface area (Å²) in [6.45, 7) is 3.32. The first-order valence-corrected chi connectivity index (χ1v) is 4.06. The molecule has 0 spiro atoms. The molecule has 0 aromatic carbocycles. The number of allylic oxidation sites excluding steroid dienone is 1. The third-order valence-corrected chi connectivity index (χ3v) is 1.84. The molecule has 0 bridgehead atoms. The molecule has 1 aromatic heterocycles. The predicted molar refractivity (Wildman–Crippen MR) is 51.5 cm³/mol. The first-order valence-electron chi connectivity index (χ1n) is 4.06. The maximum absolute atomic E-state index is 11.1. The van der Waals surface area contributed by atoms with Crippen LogP contribution in [-0.2, 0) is 0 Å². The van der Waals surface area contributed by atoms with Gasteiger partial charge in [0.05, 0.1) is 0 Å². The first kappa shape index (κ1) is 10.2. The van der Waals surface area contributed by atoms with Gasteiger partial charge in [-0.05, 0) is 19.9 Å². The number of carbonyl (C=O) groups excluding carboxylic acids is 1. The Kier molecular flexibility index (Phi) is 2.86. The molecule has 0 aliphatic carbocycles. The molecule has 0 fully saturated rings. The number of rotatable bonds is 2. The van der Waals surface area contributed by atoms with Crippen LogP contribution in [0, 0.1) is 6.92 Å². The van der Waals surface area contributed by atoms with Gasteiger partial charge in [-0.3, -0.25) is 4.79 Å². The van der Waals surface area contributed by atoms with Gasteiger partial charge in [0.15, 0.2) is 6.29 Å². The highest BCUT2D eigenvalue weighted by Gasteiger charge is 2.13. The molecule has 0 saturated carbocycles. The van der Waals surface area contributed by atoms with E-state index in [1.807, 2.05) is 0 Å². The average Bonchev–Trinajstić information content (AvgIpc) is 2.15. The van der Waals surface area contributed by atoms with Gasteiger partial charge in [0, 0.05) is 5.56 Å². The van der Waals surface area contributed by atoms with Crippen LogP contribution in [0.2, 0.25) is 0 Å². The summed E-state index contributed by atoms with van der Waals surface area (Å²) in [6.07, 6.45) is 3.50. The van der Waals surface area contributed by atoms with E-state index in [-0.39, 0.29) is 23.4 Å². The lowest BCUT2D eigenvalue weighted by atomic mass is 10.1. The summed E-state index contributed by atoms with van der Waals surface area (Å²) >= 11 is 0. The minimum absolute atomic E-state index is 0.264. The van der Waals surface area contributed by atoms with Gasteiger partial charge in [-0.1, -0.05) is 6.08 Å². The van der Waals surface area contributed by atoms with E-state index in [2.05, 4.69) is 0 Å². The van der Waals surface area contributed by atoms with Crippen LogP contribution < -0.4 is 5.63 Å². The lowest BCUT2D eigenvalue weighted by Crippen LogP contribution is -2.08. The molecule has 0 radical (unpaired) electrons. The van der Waals surface area contributed by atoms with Crippen molar-refractivity contribution >= 4 is 12.4 Å². The van der Waals surface area contributed by atoms with Gasteiger partial charge in [-0.15, -0.1) is 0 Å². The molecule has 1 rings (SSSR count). The normalized spacial score (nSPS) is 10.7. The highest BCUT2D eigenvalue weighted by molar-refractivity contribution is 5.79. The Morgan fingerprint density at radius 3 is 2.57 bits per heavy atom. The molecule has 4 heteroatoms. The molecule has 0 aliphatic rings. The van der Waals surface area contributed by atoms with Gasteiger partial charge in [0.1, 0.15) is 17.1 Å². The molecule has 0 amide bonds. The monoisotopic (exact) mass is 194 g/mol. The predicted octanol–water partition coefficient (Wildman–Crippen LogP) is 1.50. The van der Waals surface area contributed by atoms with Crippen molar-refractivity contribution in [3.05, 3.63) is 33.4 Å². The summed E-state index contributed by atoms with van der Waals surface area (Å²) in [7, 11) is 0. The molecule has 1 N–H and O–H groups in total. The van der Waals surface area contributed by atoms with Crippen molar-refractivity contribution in [1.82, 2.24) is 0 Å². The van der Waals surface area contributed by atoms with E-state index in [4.69, 9.17) is 4.42 Å². The van der Waals surface area contributed by atoms with Crippen molar-refractivity contribution in [3.8, 4) is 5.75 Å². The van der Waals surface area contributed by atoms with E-state index in [1.54, 1.807) is 26.0 Å². The maximum Gasteiger partial charge on any atom is 0.350 e. The van der Waals surface area contributed by atoms with Crippen molar-refractivity contribution in [2.75, 3.05) is 0 Å². The third kappa shape index (κ3) is 1.59. The zero-order valence-electron chi connectivity index (χ0n) is 7.90. The molecule has 1 aromatic rings. The Labute approximate surface area is 80.5 Å². The number of hydrogen-bond donors (Lipinski definition) is 1. The molecule has 4 nitrogen and oxygen atoms in total. The fourth-order valence-corrected chi connectivity index (χ4v) is 1.06. The minimum atomic E-state index is -0.823. The van der Waals surface area contributed by atoms with E-state index in [0.29, 0.717) is 5.56 Å². The Morgan fingerprint density at radius 1 is 1.43 bits per heavy atom. The van der Waals surface area contributed by atoms with Crippen LogP contribution in [0.25, 0.3) is 6.08 Å². The summed E-state index contributed by atoms with van der Waals surface area (Å²) in [5.41, 5.74) is -0.781. The second-order valence-electron chi connectivity index (χ2n) is 2.76. The molecule has 0 unspecified atom stereocenters. The summed E-state index contributed by atoms with van der Waals surface area (Å²) in [5.74, 6) is -0.0510. The fraction of sp³-hybridized carbons (Fsp3) is 0.200. The Balaban J connectivity index is 3.55. The lowest BCUT2D eigenvalue weighted by Gasteiger charge is -2.02. The highest BCUT2D eigenvalue weighted by Crippen LogP contribution is 2.21. The van der Waals surface area contributed by atoms with Crippen molar-refractivity contribution in [2.24, 2.45) is 0 Å². The Hall–Kier alpha value is -1.84. The summed E-state index contributed by atoms with van der Waals surface area (Å²) in [5, 5.41) is 9.46.